The maximum absolute atomic E-state index is 13.5. The molecule has 0 saturated carbocycles. The molecule has 1 amide bonds. The Hall–Kier alpha value is -3.29. The van der Waals surface area contributed by atoms with Crippen LogP contribution in [0.3, 0.4) is 0 Å². The van der Waals surface area contributed by atoms with Crippen LogP contribution < -0.4 is 4.74 Å². The number of sulfone groups is 1. The highest BCUT2D eigenvalue weighted by Crippen LogP contribution is 2.43. The number of amides is 1. The fourth-order valence-corrected chi connectivity index (χ4v) is 5.49. The number of carbonyl (C=O) groups excluding carboxylic acids is 1. The van der Waals surface area contributed by atoms with Gasteiger partial charge in [-0.05, 0) is 47.5 Å². The largest absolute Gasteiger partial charge is 0.502 e. The van der Waals surface area contributed by atoms with E-state index in [0.717, 1.165) is 5.56 Å². The second kappa shape index (κ2) is 8.68. The van der Waals surface area contributed by atoms with Crippen molar-refractivity contribution in [2.24, 2.45) is 0 Å². The van der Waals surface area contributed by atoms with Crippen LogP contribution in [0.4, 0.5) is 0 Å². The number of aliphatic hydroxyl groups excluding tert-OH is 1. The van der Waals surface area contributed by atoms with Crippen molar-refractivity contribution < 1.29 is 23.1 Å². The van der Waals surface area contributed by atoms with Crippen LogP contribution in [0.5, 0.6) is 5.75 Å². The number of rotatable bonds is 6. The van der Waals surface area contributed by atoms with Gasteiger partial charge in [0, 0.05) is 11.6 Å². The van der Waals surface area contributed by atoms with Crippen LogP contribution in [-0.2, 0) is 21.2 Å². The van der Waals surface area contributed by atoms with E-state index in [1.165, 1.54) is 17.0 Å². The van der Waals surface area contributed by atoms with Crippen LogP contribution in [0, 0.1) is 0 Å². The van der Waals surface area contributed by atoms with E-state index in [4.69, 9.17) is 16.3 Å². The van der Waals surface area contributed by atoms with E-state index in [-0.39, 0.29) is 16.3 Å². The number of hydrogen-bond donors (Lipinski definition) is 1. The Bertz CT molecular complexity index is 1270. The molecule has 164 valence electrons. The smallest absolute Gasteiger partial charge is 0.290 e. The molecular weight excluding hydrogens is 450 g/mol. The Morgan fingerprint density at radius 1 is 0.969 bits per heavy atom. The van der Waals surface area contributed by atoms with Crippen LogP contribution in [0.15, 0.2) is 94.4 Å². The van der Waals surface area contributed by atoms with E-state index in [0.29, 0.717) is 16.3 Å². The Morgan fingerprint density at radius 3 is 2.19 bits per heavy atom. The maximum atomic E-state index is 13.5. The van der Waals surface area contributed by atoms with Gasteiger partial charge < -0.3 is 14.7 Å². The zero-order valence-electron chi connectivity index (χ0n) is 17.1. The lowest BCUT2D eigenvalue weighted by molar-refractivity contribution is -0.130. The Kier molecular flexibility index (Phi) is 5.95. The molecule has 0 aliphatic carbocycles. The molecule has 3 aromatic rings. The normalized spacial score (nSPS) is 16.5. The predicted molar refractivity (Wildman–Crippen MR) is 121 cm³/mol. The highest BCUT2D eigenvalue weighted by molar-refractivity contribution is 7.95. The summed E-state index contributed by atoms with van der Waals surface area (Å²) in [5.74, 6) is -0.873. The number of aliphatic hydroxyl groups is 1. The van der Waals surface area contributed by atoms with Gasteiger partial charge in [-0.1, -0.05) is 54.1 Å². The Morgan fingerprint density at radius 2 is 1.59 bits per heavy atom. The Labute approximate surface area is 191 Å². The third kappa shape index (κ3) is 3.97. The predicted octanol–water partition coefficient (Wildman–Crippen LogP) is 4.68. The van der Waals surface area contributed by atoms with Gasteiger partial charge in [0.15, 0.2) is 5.76 Å². The number of methoxy groups -OCH3 is 1. The highest BCUT2D eigenvalue weighted by atomic mass is 35.5. The van der Waals surface area contributed by atoms with Crippen molar-refractivity contribution in [2.75, 3.05) is 7.11 Å². The molecule has 0 saturated heterocycles. The molecule has 0 radical (unpaired) electrons. The average molecular weight is 470 g/mol. The Balaban J connectivity index is 1.82. The van der Waals surface area contributed by atoms with E-state index in [2.05, 4.69) is 0 Å². The molecule has 1 aliphatic rings. The van der Waals surface area contributed by atoms with Crippen molar-refractivity contribution in [3.63, 3.8) is 0 Å². The second-order valence-electron chi connectivity index (χ2n) is 7.26. The van der Waals surface area contributed by atoms with Crippen LogP contribution in [-0.4, -0.2) is 31.4 Å². The van der Waals surface area contributed by atoms with Crippen molar-refractivity contribution >= 4 is 27.3 Å². The lowest BCUT2D eigenvalue weighted by atomic mass is 10.1. The molecule has 32 heavy (non-hydrogen) atoms. The molecule has 0 bridgehead atoms. The lowest BCUT2D eigenvalue weighted by Gasteiger charge is -2.27. The number of nitrogens with zero attached hydrogens (tertiary/aromatic N) is 1. The minimum Gasteiger partial charge on any atom is -0.502 e. The first kappa shape index (κ1) is 21.9. The molecule has 1 atom stereocenters. The lowest BCUT2D eigenvalue weighted by Crippen LogP contribution is -2.30. The summed E-state index contributed by atoms with van der Waals surface area (Å²) in [5, 5.41) is 11.2. The first-order valence-electron chi connectivity index (χ1n) is 9.75. The fraction of sp³-hybridized carbons (Fsp3) is 0.125. The van der Waals surface area contributed by atoms with Crippen LogP contribution in [0.2, 0.25) is 5.02 Å². The van der Waals surface area contributed by atoms with Crippen LogP contribution >= 0.6 is 11.6 Å². The van der Waals surface area contributed by atoms with Crippen molar-refractivity contribution in [1.29, 1.82) is 0 Å². The molecule has 0 fully saturated rings. The summed E-state index contributed by atoms with van der Waals surface area (Å²) in [7, 11) is -2.60. The summed E-state index contributed by atoms with van der Waals surface area (Å²) in [6.07, 6.45) is 0. The summed E-state index contributed by atoms with van der Waals surface area (Å²) in [5.41, 5.74) is 1.28. The van der Waals surface area contributed by atoms with Gasteiger partial charge >= 0.3 is 0 Å². The van der Waals surface area contributed by atoms with Gasteiger partial charge in [0.1, 0.15) is 10.7 Å². The summed E-state index contributed by atoms with van der Waals surface area (Å²) < 4.78 is 32.1. The first-order valence-corrected chi connectivity index (χ1v) is 11.6. The first-order chi connectivity index (χ1) is 15.3. The third-order valence-electron chi connectivity index (χ3n) is 5.30. The number of carbonyl (C=O) groups is 1. The molecule has 1 aliphatic heterocycles. The van der Waals surface area contributed by atoms with E-state index >= 15 is 0 Å². The molecule has 3 aromatic carbocycles. The molecular formula is C24H20ClNO5S. The molecule has 4 rings (SSSR count). The molecule has 8 heteroatoms. The SMILES string of the molecule is COc1ccc(CN2C(=O)C(O)=C(S(=O)(=O)c3ccccc3)C2c2ccc(Cl)cc2)cc1. The molecule has 1 heterocycles. The molecule has 1 N–H and O–H groups in total. The summed E-state index contributed by atoms with van der Waals surface area (Å²) in [4.78, 5) is 14.1. The van der Waals surface area contributed by atoms with Crippen LogP contribution in [0.1, 0.15) is 17.2 Å². The zero-order valence-corrected chi connectivity index (χ0v) is 18.7. The number of hydrogen-bond acceptors (Lipinski definition) is 5. The molecule has 1 unspecified atom stereocenters. The maximum Gasteiger partial charge on any atom is 0.290 e. The van der Waals surface area contributed by atoms with E-state index < -0.39 is 27.5 Å². The van der Waals surface area contributed by atoms with Gasteiger partial charge in [-0.3, -0.25) is 4.79 Å². The number of ether oxygens (including phenoxy) is 1. The van der Waals surface area contributed by atoms with Crippen molar-refractivity contribution in [3.05, 3.63) is 106 Å². The van der Waals surface area contributed by atoms with Gasteiger partial charge in [-0.2, -0.15) is 0 Å². The van der Waals surface area contributed by atoms with Gasteiger partial charge in [0.2, 0.25) is 9.84 Å². The highest BCUT2D eigenvalue weighted by Gasteiger charge is 2.46. The van der Waals surface area contributed by atoms with Gasteiger partial charge in [-0.25, -0.2) is 8.42 Å². The second-order valence-corrected chi connectivity index (χ2v) is 9.62. The van der Waals surface area contributed by atoms with Crippen LogP contribution in [0.25, 0.3) is 0 Å². The molecule has 0 spiro atoms. The van der Waals surface area contributed by atoms with Crippen molar-refractivity contribution in [3.8, 4) is 5.75 Å². The van der Waals surface area contributed by atoms with Gasteiger partial charge in [0.05, 0.1) is 18.0 Å². The molecule has 6 nitrogen and oxygen atoms in total. The zero-order chi connectivity index (χ0) is 22.9. The number of halogens is 1. The third-order valence-corrected chi connectivity index (χ3v) is 7.44. The van der Waals surface area contributed by atoms with Gasteiger partial charge in [-0.15, -0.1) is 0 Å². The van der Waals surface area contributed by atoms with E-state index in [1.807, 2.05) is 0 Å². The molecule has 0 aromatic heterocycles. The van der Waals surface area contributed by atoms with Gasteiger partial charge in [0.25, 0.3) is 5.91 Å². The standard InChI is InChI=1S/C24H20ClNO5S/c1-31-19-13-7-16(8-14-19)15-26-21(17-9-11-18(25)12-10-17)23(22(27)24(26)28)32(29,30)20-5-3-2-4-6-20/h2-14,21,27H,15H2,1H3. The van der Waals surface area contributed by atoms with E-state index in [1.54, 1.807) is 73.8 Å². The minimum absolute atomic E-state index is 0.000360. The monoisotopic (exact) mass is 469 g/mol. The number of benzene rings is 3. The summed E-state index contributed by atoms with van der Waals surface area (Å²) in [6.45, 7) is 0.0913. The average Bonchev–Trinajstić information content (AvgIpc) is 3.06. The quantitative estimate of drug-likeness (QED) is 0.567. The van der Waals surface area contributed by atoms with E-state index in [9.17, 15) is 18.3 Å². The fourth-order valence-electron chi connectivity index (χ4n) is 3.70. The van der Waals surface area contributed by atoms with Crippen molar-refractivity contribution in [2.45, 2.75) is 17.5 Å². The van der Waals surface area contributed by atoms with Crippen molar-refractivity contribution in [1.82, 2.24) is 4.90 Å². The minimum atomic E-state index is -4.15. The summed E-state index contributed by atoms with van der Waals surface area (Å²) >= 11 is 6.02. The topological polar surface area (TPSA) is 83.9 Å². The summed E-state index contributed by atoms with van der Waals surface area (Å²) in [6, 6.07) is 20.4.